The fourth-order valence-corrected chi connectivity index (χ4v) is 2.50. The predicted molar refractivity (Wildman–Crippen MR) is 76.7 cm³/mol. The van der Waals surface area contributed by atoms with Gasteiger partial charge in [0.1, 0.15) is 12.2 Å². The van der Waals surface area contributed by atoms with E-state index < -0.39 is 0 Å². The summed E-state index contributed by atoms with van der Waals surface area (Å²) in [4.78, 5) is 4.71. The summed E-state index contributed by atoms with van der Waals surface area (Å²) in [7, 11) is 0. The molecule has 0 saturated heterocycles. The van der Waals surface area contributed by atoms with Crippen molar-refractivity contribution in [3.63, 3.8) is 0 Å². The molecular weight excluding hydrogens is 290 g/mol. The lowest BCUT2D eigenvalue weighted by atomic mass is 10.1. The van der Waals surface area contributed by atoms with E-state index in [1.165, 1.54) is 5.56 Å². The lowest BCUT2D eigenvalue weighted by molar-refractivity contribution is 0.561. The van der Waals surface area contributed by atoms with Gasteiger partial charge in [-0.25, -0.2) is 4.98 Å². The third kappa shape index (κ3) is 3.42. The van der Waals surface area contributed by atoms with E-state index >= 15 is 0 Å². The van der Waals surface area contributed by atoms with E-state index in [1.54, 1.807) is 6.33 Å². The highest BCUT2D eigenvalue weighted by molar-refractivity contribution is 9.09. The minimum Gasteiger partial charge on any atom is -0.250 e. The van der Waals surface area contributed by atoms with E-state index in [2.05, 4.69) is 57.2 Å². The largest absolute Gasteiger partial charge is 0.250 e. The summed E-state index contributed by atoms with van der Waals surface area (Å²) >= 11 is 3.74. The third-order valence-electron chi connectivity index (χ3n) is 2.91. The molecule has 0 aliphatic carbocycles. The van der Waals surface area contributed by atoms with Gasteiger partial charge in [0.05, 0.1) is 0 Å². The molecule has 1 atom stereocenters. The van der Waals surface area contributed by atoms with E-state index in [0.717, 1.165) is 31.6 Å². The van der Waals surface area contributed by atoms with Crippen molar-refractivity contribution in [2.75, 3.05) is 0 Å². The number of aryl methyl sites for hydroxylation is 2. The Bertz CT molecular complexity index is 467. The van der Waals surface area contributed by atoms with Gasteiger partial charge in [-0.05, 0) is 18.4 Å². The summed E-state index contributed by atoms with van der Waals surface area (Å²) in [6.45, 7) is 3.11. The molecule has 3 nitrogen and oxygen atoms in total. The average molecular weight is 308 g/mol. The van der Waals surface area contributed by atoms with Crippen molar-refractivity contribution in [3.05, 3.63) is 48.0 Å². The molecule has 18 heavy (non-hydrogen) atoms. The molecule has 2 rings (SSSR count). The molecule has 0 radical (unpaired) electrons. The van der Waals surface area contributed by atoms with Crippen molar-refractivity contribution in [1.82, 2.24) is 14.8 Å². The smallest absolute Gasteiger partial charge is 0.138 e. The quantitative estimate of drug-likeness (QED) is 0.761. The first-order valence-electron chi connectivity index (χ1n) is 6.37. The molecule has 0 aliphatic heterocycles. The number of rotatable bonds is 6. The Kier molecular flexibility index (Phi) is 4.93. The van der Waals surface area contributed by atoms with Gasteiger partial charge in [0.2, 0.25) is 0 Å². The van der Waals surface area contributed by atoms with Crippen molar-refractivity contribution >= 4 is 15.9 Å². The topological polar surface area (TPSA) is 30.7 Å². The molecule has 96 valence electrons. The monoisotopic (exact) mass is 307 g/mol. The average Bonchev–Trinajstić information content (AvgIpc) is 2.85. The molecule has 1 heterocycles. The normalized spacial score (nSPS) is 12.6. The highest BCUT2D eigenvalue weighted by atomic mass is 79.9. The molecular formula is C14H18BrN3. The second kappa shape index (κ2) is 6.69. The molecule has 4 heteroatoms. The number of halogens is 1. The van der Waals surface area contributed by atoms with Crippen LogP contribution in [0, 0.1) is 0 Å². The molecule has 1 unspecified atom stereocenters. The van der Waals surface area contributed by atoms with Crippen LogP contribution in [0.15, 0.2) is 36.7 Å². The van der Waals surface area contributed by atoms with Crippen LogP contribution in [-0.4, -0.2) is 14.8 Å². The molecule has 1 aromatic heterocycles. The van der Waals surface area contributed by atoms with Gasteiger partial charge >= 0.3 is 0 Å². The van der Waals surface area contributed by atoms with Crippen LogP contribution >= 0.6 is 15.9 Å². The van der Waals surface area contributed by atoms with Crippen molar-refractivity contribution in [3.8, 4) is 0 Å². The van der Waals surface area contributed by atoms with Crippen molar-refractivity contribution in [2.45, 2.75) is 37.6 Å². The molecule has 2 aromatic rings. The van der Waals surface area contributed by atoms with Gasteiger partial charge in [0.15, 0.2) is 0 Å². The van der Waals surface area contributed by atoms with Crippen LogP contribution in [0.3, 0.4) is 0 Å². The third-order valence-corrected chi connectivity index (χ3v) is 3.90. The van der Waals surface area contributed by atoms with Gasteiger partial charge in [0.25, 0.3) is 0 Å². The van der Waals surface area contributed by atoms with Gasteiger partial charge < -0.3 is 0 Å². The molecule has 0 spiro atoms. The zero-order chi connectivity index (χ0) is 12.8. The molecule has 1 aromatic carbocycles. The number of hydrogen-bond acceptors (Lipinski definition) is 2. The second-order valence-corrected chi connectivity index (χ2v) is 5.42. The summed E-state index contributed by atoms with van der Waals surface area (Å²) < 4.78 is 2.00. The van der Waals surface area contributed by atoms with Gasteiger partial charge in [-0.2, -0.15) is 5.10 Å². The summed E-state index contributed by atoms with van der Waals surface area (Å²) in [5, 5.41) is 4.25. The minimum atomic E-state index is 0.380. The lowest BCUT2D eigenvalue weighted by Gasteiger charge is -2.10. The number of aromatic nitrogens is 3. The Labute approximate surface area is 116 Å². The molecule has 0 saturated carbocycles. The van der Waals surface area contributed by atoms with Gasteiger partial charge in [-0.1, -0.05) is 53.2 Å². The zero-order valence-corrected chi connectivity index (χ0v) is 12.2. The van der Waals surface area contributed by atoms with Crippen molar-refractivity contribution in [1.29, 1.82) is 0 Å². The van der Waals surface area contributed by atoms with Crippen LogP contribution < -0.4 is 0 Å². The number of benzene rings is 1. The Balaban J connectivity index is 1.93. The number of nitrogens with zero attached hydrogens (tertiary/aromatic N) is 3. The van der Waals surface area contributed by atoms with Crippen LogP contribution in [0.1, 0.15) is 36.0 Å². The maximum atomic E-state index is 4.33. The van der Waals surface area contributed by atoms with Gasteiger partial charge in [-0.3, -0.25) is 4.68 Å². The van der Waals surface area contributed by atoms with Crippen LogP contribution in [-0.2, 0) is 13.0 Å². The van der Waals surface area contributed by atoms with E-state index in [4.69, 9.17) is 0 Å². The Morgan fingerprint density at radius 2 is 2.06 bits per heavy atom. The molecule has 0 fully saturated rings. The number of alkyl halides is 1. The van der Waals surface area contributed by atoms with Gasteiger partial charge in [0, 0.05) is 17.8 Å². The molecule has 0 amide bonds. The van der Waals surface area contributed by atoms with Crippen LogP contribution in [0.2, 0.25) is 0 Å². The van der Waals surface area contributed by atoms with E-state index in [1.807, 2.05) is 10.7 Å². The highest BCUT2D eigenvalue weighted by Crippen LogP contribution is 2.27. The summed E-state index contributed by atoms with van der Waals surface area (Å²) in [5.74, 6) is 1.08. The summed E-state index contributed by atoms with van der Waals surface area (Å²) in [6, 6.07) is 10.5. The fourth-order valence-electron chi connectivity index (χ4n) is 1.96. The Morgan fingerprint density at radius 3 is 2.78 bits per heavy atom. The van der Waals surface area contributed by atoms with Crippen LogP contribution in [0.5, 0.6) is 0 Å². The Hall–Kier alpha value is -1.16. The standard InChI is InChI=1S/C14H18BrN3/c1-2-10-18-14(16-11-17-18)9-8-13(15)12-6-4-3-5-7-12/h3-7,11,13H,2,8-10H2,1H3. The van der Waals surface area contributed by atoms with E-state index in [-0.39, 0.29) is 0 Å². The maximum Gasteiger partial charge on any atom is 0.138 e. The SMILES string of the molecule is CCCn1ncnc1CCC(Br)c1ccccc1. The van der Waals surface area contributed by atoms with Crippen molar-refractivity contribution < 1.29 is 0 Å². The van der Waals surface area contributed by atoms with E-state index in [0.29, 0.717) is 4.83 Å². The lowest BCUT2D eigenvalue weighted by Crippen LogP contribution is -2.06. The highest BCUT2D eigenvalue weighted by Gasteiger charge is 2.10. The van der Waals surface area contributed by atoms with E-state index in [9.17, 15) is 0 Å². The summed E-state index contributed by atoms with van der Waals surface area (Å²) in [5.41, 5.74) is 1.32. The number of hydrogen-bond donors (Lipinski definition) is 0. The fraction of sp³-hybridized carbons (Fsp3) is 0.429. The van der Waals surface area contributed by atoms with Crippen LogP contribution in [0.4, 0.5) is 0 Å². The Morgan fingerprint density at radius 1 is 1.28 bits per heavy atom. The predicted octanol–water partition coefficient (Wildman–Crippen LogP) is 3.76. The minimum absolute atomic E-state index is 0.380. The first-order valence-corrected chi connectivity index (χ1v) is 7.28. The second-order valence-electron chi connectivity index (χ2n) is 4.32. The van der Waals surface area contributed by atoms with Gasteiger partial charge in [-0.15, -0.1) is 0 Å². The molecule has 0 bridgehead atoms. The molecule has 0 aliphatic rings. The maximum absolute atomic E-state index is 4.33. The van der Waals surface area contributed by atoms with Crippen LogP contribution in [0.25, 0.3) is 0 Å². The zero-order valence-electron chi connectivity index (χ0n) is 10.6. The van der Waals surface area contributed by atoms with Crippen molar-refractivity contribution in [2.24, 2.45) is 0 Å². The first kappa shape index (κ1) is 13.3. The summed E-state index contributed by atoms with van der Waals surface area (Å²) in [6.07, 6.45) is 4.72. The molecule has 0 N–H and O–H groups in total. The first-order chi connectivity index (χ1) is 8.81.